The van der Waals surface area contributed by atoms with Crippen molar-refractivity contribution in [3.8, 4) is 0 Å². The standard InChI is InChI=1S/C16H13BrFN3OS/c17-12-5-3-4-11(10-12)8-9-15(22)20-21-16(23)19-14-7-2-1-6-13(14)18/h1-10H,(H,20,22)(H2,19,21,23)/b9-8+. The van der Waals surface area contributed by atoms with Gasteiger partial charge in [0.1, 0.15) is 5.82 Å². The predicted octanol–water partition coefficient (Wildman–Crippen LogP) is 3.62. The van der Waals surface area contributed by atoms with Gasteiger partial charge < -0.3 is 5.32 Å². The minimum Gasteiger partial charge on any atom is -0.329 e. The van der Waals surface area contributed by atoms with Gasteiger partial charge >= 0.3 is 0 Å². The predicted molar refractivity (Wildman–Crippen MR) is 97.1 cm³/mol. The van der Waals surface area contributed by atoms with Crippen LogP contribution in [0.25, 0.3) is 6.08 Å². The molecule has 0 spiro atoms. The summed E-state index contributed by atoms with van der Waals surface area (Å²) in [6.07, 6.45) is 3.02. The van der Waals surface area contributed by atoms with Crippen LogP contribution < -0.4 is 16.2 Å². The van der Waals surface area contributed by atoms with Crippen LogP contribution in [-0.4, -0.2) is 11.0 Å². The SMILES string of the molecule is O=C(/C=C/c1cccc(Br)c1)NNC(=S)Nc1ccccc1F. The van der Waals surface area contributed by atoms with Gasteiger partial charge in [-0.15, -0.1) is 0 Å². The number of thiocarbonyl (C=S) groups is 1. The van der Waals surface area contributed by atoms with Crippen LogP contribution in [0.1, 0.15) is 5.56 Å². The van der Waals surface area contributed by atoms with Gasteiger partial charge in [-0.2, -0.15) is 0 Å². The van der Waals surface area contributed by atoms with E-state index in [1.807, 2.05) is 24.3 Å². The molecule has 0 saturated heterocycles. The van der Waals surface area contributed by atoms with Crippen LogP contribution in [0.5, 0.6) is 0 Å². The minimum atomic E-state index is -0.433. The van der Waals surface area contributed by atoms with Gasteiger partial charge in [-0.25, -0.2) is 4.39 Å². The Morgan fingerprint density at radius 2 is 1.91 bits per heavy atom. The molecular formula is C16H13BrFN3OS. The minimum absolute atomic E-state index is 0.0827. The second-order valence-corrected chi connectivity index (χ2v) is 5.76. The van der Waals surface area contributed by atoms with Crippen molar-refractivity contribution in [2.75, 3.05) is 5.32 Å². The molecule has 118 valence electrons. The highest BCUT2D eigenvalue weighted by Gasteiger charge is 2.03. The van der Waals surface area contributed by atoms with E-state index in [0.717, 1.165) is 10.0 Å². The average Bonchev–Trinajstić information content (AvgIpc) is 2.53. The lowest BCUT2D eigenvalue weighted by molar-refractivity contribution is -0.116. The number of para-hydroxylation sites is 1. The van der Waals surface area contributed by atoms with Gasteiger partial charge in [0, 0.05) is 10.5 Å². The summed E-state index contributed by atoms with van der Waals surface area (Å²) < 4.78 is 14.4. The van der Waals surface area contributed by atoms with Crippen LogP contribution in [0.2, 0.25) is 0 Å². The first-order chi connectivity index (χ1) is 11.0. The molecule has 0 bridgehead atoms. The van der Waals surface area contributed by atoms with Crippen molar-refractivity contribution < 1.29 is 9.18 Å². The van der Waals surface area contributed by atoms with Crippen molar-refractivity contribution in [3.63, 3.8) is 0 Å². The lowest BCUT2D eigenvalue weighted by atomic mass is 10.2. The largest absolute Gasteiger partial charge is 0.329 e. The van der Waals surface area contributed by atoms with Crippen molar-refractivity contribution in [2.24, 2.45) is 0 Å². The van der Waals surface area contributed by atoms with E-state index in [1.165, 1.54) is 18.2 Å². The van der Waals surface area contributed by atoms with E-state index < -0.39 is 5.82 Å². The summed E-state index contributed by atoms with van der Waals surface area (Å²) in [5.74, 6) is -0.819. The molecule has 2 aromatic carbocycles. The summed E-state index contributed by atoms with van der Waals surface area (Å²) in [6.45, 7) is 0. The van der Waals surface area contributed by atoms with E-state index in [9.17, 15) is 9.18 Å². The van der Waals surface area contributed by atoms with E-state index in [-0.39, 0.29) is 16.7 Å². The first-order valence-corrected chi connectivity index (χ1v) is 7.80. The molecule has 0 atom stereocenters. The molecule has 7 heteroatoms. The number of anilines is 1. The first kappa shape index (κ1) is 17.1. The number of nitrogens with one attached hydrogen (secondary N) is 3. The number of hydrogen-bond acceptors (Lipinski definition) is 2. The van der Waals surface area contributed by atoms with Crippen LogP contribution in [0.15, 0.2) is 59.1 Å². The molecule has 0 aromatic heterocycles. The first-order valence-electron chi connectivity index (χ1n) is 6.60. The summed E-state index contributed by atoms with van der Waals surface area (Å²) in [6, 6.07) is 13.6. The summed E-state index contributed by atoms with van der Waals surface area (Å²) in [5, 5.41) is 2.73. The molecule has 2 aromatic rings. The summed E-state index contributed by atoms with van der Waals surface area (Å²) in [7, 11) is 0. The Morgan fingerprint density at radius 1 is 1.13 bits per heavy atom. The Morgan fingerprint density at radius 3 is 2.65 bits per heavy atom. The van der Waals surface area contributed by atoms with Crippen molar-refractivity contribution in [1.82, 2.24) is 10.9 Å². The van der Waals surface area contributed by atoms with Gasteiger partial charge in [0.2, 0.25) is 0 Å². The second-order valence-electron chi connectivity index (χ2n) is 4.44. The quantitative estimate of drug-likeness (QED) is 0.423. The summed E-state index contributed by atoms with van der Waals surface area (Å²) >= 11 is 8.33. The number of rotatable bonds is 3. The number of carbonyl (C=O) groups is 1. The average molecular weight is 394 g/mol. The zero-order chi connectivity index (χ0) is 16.7. The van der Waals surface area contributed by atoms with Crippen LogP contribution in [0, 0.1) is 5.82 Å². The Labute approximate surface area is 146 Å². The number of hydrazine groups is 1. The molecule has 23 heavy (non-hydrogen) atoms. The zero-order valence-corrected chi connectivity index (χ0v) is 14.2. The molecule has 0 saturated carbocycles. The van der Waals surface area contributed by atoms with Crippen molar-refractivity contribution in [1.29, 1.82) is 0 Å². The monoisotopic (exact) mass is 393 g/mol. The molecule has 0 aliphatic carbocycles. The highest BCUT2D eigenvalue weighted by atomic mass is 79.9. The van der Waals surface area contributed by atoms with Crippen molar-refractivity contribution in [2.45, 2.75) is 0 Å². The highest BCUT2D eigenvalue weighted by Crippen LogP contribution is 2.13. The van der Waals surface area contributed by atoms with Gasteiger partial charge in [0.05, 0.1) is 5.69 Å². The van der Waals surface area contributed by atoms with Crippen molar-refractivity contribution >= 4 is 50.9 Å². The lowest BCUT2D eigenvalue weighted by Crippen LogP contribution is -2.43. The maximum Gasteiger partial charge on any atom is 0.262 e. The Bertz CT molecular complexity index is 752. The normalized spacial score (nSPS) is 10.3. The third-order valence-corrected chi connectivity index (χ3v) is 3.39. The van der Waals surface area contributed by atoms with Gasteiger partial charge in [-0.3, -0.25) is 15.6 Å². The molecule has 3 N–H and O–H groups in total. The molecular weight excluding hydrogens is 381 g/mol. The fourth-order valence-corrected chi connectivity index (χ4v) is 2.24. The van der Waals surface area contributed by atoms with Crippen LogP contribution >= 0.6 is 28.1 Å². The summed E-state index contributed by atoms with van der Waals surface area (Å²) in [4.78, 5) is 11.7. The Balaban J connectivity index is 1.82. The molecule has 0 radical (unpaired) electrons. The molecule has 0 fully saturated rings. The zero-order valence-electron chi connectivity index (χ0n) is 11.8. The Hall–Kier alpha value is -2.25. The Kier molecular flexibility index (Phi) is 6.25. The maximum atomic E-state index is 13.4. The molecule has 1 amide bonds. The van der Waals surface area contributed by atoms with Gasteiger partial charge in [-0.1, -0.05) is 40.2 Å². The van der Waals surface area contributed by atoms with Crippen LogP contribution in [0.4, 0.5) is 10.1 Å². The van der Waals surface area contributed by atoms with Crippen LogP contribution in [-0.2, 0) is 4.79 Å². The molecule has 2 rings (SSSR count). The third kappa shape index (κ3) is 5.80. The van der Waals surface area contributed by atoms with E-state index in [4.69, 9.17) is 12.2 Å². The fraction of sp³-hybridized carbons (Fsp3) is 0. The molecule has 0 aliphatic heterocycles. The van der Waals surface area contributed by atoms with E-state index >= 15 is 0 Å². The van der Waals surface area contributed by atoms with Crippen LogP contribution in [0.3, 0.4) is 0 Å². The van der Waals surface area contributed by atoms with Gasteiger partial charge in [0.25, 0.3) is 5.91 Å². The molecule has 0 aliphatic rings. The third-order valence-electron chi connectivity index (χ3n) is 2.70. The second kappa shape index (κ2) is 8.40. The lowest BCUT2D eigenvalue weighted by Gasteiger charge is -2.10. The summed E-state index contributed by atoms with van der Waals surface area (Å²) in [5.41, 5.74) is 6.00. The van der Waals surface area contributed by atoms with Crippen molar-refractivity contribution in [3.05, 3.63) is 70.5 Å². The highest BCUT2D eigenvalue weighted by molar-refractivity contribution is 9.10. The van der Waals surface area contributed by atoms with Gasteiger partial charge in [-0.05, 0) is 48.1 Å². The number of hydrogen-bond donors (Lipinski definition) is 3. The van der Waals surface area contributed by atoms with E-state index in [0.29, 0.717) is 0 Å². The molecule has 0 heterocycles. The topological polar surface area (TPSA) is 53.2 Å². The molecule has 4 nitrogen and oxygen atoms in total. The number of halogens is 2. The number of benzene rings is 2. The number of amides is 1. The maximum absolute atomic E-state index is 13.4. The molecule has 0 unspecified atom stereocenters. The van der Waals surface area contributed by atoms with Gasteiger partial charge in [0.15, 0.2) is 5.11 Å². The van der Waals surface area contributed by atoms with E-state index in [2.05, 4.69) is 32.1 Å². The van der Waals surface area contributed by atoms with E-state index in [1.54, 1.807) is 18.2 Å². The fourth-order valence-electron chi connectivity index (χ4n) is 1.66. The smallest absolute Gasteiger partial charge is 0.262 e. The number of carbonyl (C=O) groups excluding carboxylic acids is 1.